The van der Waals surface area contributed by atoms with Crippen molar-refractivity contribution in [2.24, 2.45) is 0 Å². The quantitative estimate of drug-likeness (QED) is 0.224. The van der Waals surface area contributed by atoms with E-state index >= 15 is 0 Å². The lowest BCUT2D eigenvalue weighted by Crippen LogP contribution is -2.15. The van der Waals surface area contributed by atoms with Gasteiger partial charge in [-0.3, -0.25) is 9.36 Å². The van der Waals surface area contributed by atoms with E-state index in [0.717, 1.165) is 14.8 Å². The normalized spacial score (nSPS) is 10.5. The van der Waals surface area contributed by atoms with Crippen LogP contribution in [0.4, 0.5) is 5.69 Å². The van der Waals surface area contributed by atoms with E-state index < -0.39 is 0 Å². The third-order valence-corrected chi connectivity index (χ3v) is 5.96. The molecule has 0 aliphatic carbocycles. The summed E-state index contributed by atoms with van der Waals surface area (Å²) in [5, 5.41) is 12.0. The highest BCUT2D eigenvalue weighted by atomic mass is 127. The van der Waals surface area contributed by atoms with Crippen LogP contribution in [0.3, 0.4) is 0 Å². The van der Waals surface area contributed by atoms with Crippen molar-refractivity contribution in [3.63, 3.8) is 0 Å². The Labute approximate surface area is 199 Å². The third-order valence-electron chi connectivity index (χ3n) is 4.33. The van der Waals surface area contributed by atoms with Gasteiger partial charge in [0.05, 0.1) is 12.9 Å². The molecule has 162 valence electrons. The number of aryl methyl sites for hydroxylation is 1. The Morgan fingerprint density at radius 3 is 2.74 bits per heavy atom. The van der Waals surface area contributed by atoms with Gasteiger partial charge in [-0.15, -0.1) is 16.8 Å². The molecule has 3 rings (SSSR count). The van der Waals surface area contributed by atoms with Crippen LogP contribution in [-0.2, 0) is 17.9 Å². The number of ether oxygens (including phenoxy) is 2. The topological polar surface area (TPSA) is 78.3 Å². The highest BCUT2D eigenvalue weighted by molar-refractivity contribution is 14.1. The van der Waals surface area contributed by atoms with Crippen LogP contribution >= 0.6 is 34.4 Å². The van der Waals surface area contributed by atoms with E-state index in [4.69, 9.17) is 9.47 Å². The summed E-state index contributed by atoms with van der Waals surface area (Å²) >= 11 is 3.57. The smallest absolute Gasteiger partial charge is 0.234 e. The third kappa shape index (κ3) is 6.23. The Hall–Kier alpha value is -2.53. The maximum absolute atomic E-state index is 12.4. The Morgan fingerprint density at radius 1 is 1.26 bits per heavy atom. The first-order chi connectivity index (χ1) is 15.0. The van der Waals surface area contributed by atoms with E-state index in [1.54, 1.807) is 13.2 Å². The minimum atomic E-state index is -0.103. The van der Waals surface area contributed by atoms with Crippen molar-refractivity contribution in [1.29, 1.82) is 0 Å². The number of anilines is 1. The van der Waals surface area contributed by atoms with Gasteiger partial charge in [-0.2, -0.15) is 0 Å². The predicted octanol–water partition coefficient (Wildman–Crippen LogP) is 4.70. The molecular weight excluding hydrogens is 527 g/mol. The molecule has 0 saturated carbocycles. The Bertz CT molecular complexity index is 1070. The number of carbonyl (C=O) groups excluding carboxylic acids is 1. The summed E-state index contributed by atoms with van der Waals surface area (Å²) in [7, 11) is 1.60. The largest absolute Gasteiger partial charge is 0.493 e. The molecular formula is C22H23IN4O3S. The number of amides is 1. The van der Waals surface area contributed by atoms with Crippen LogP contribution in [0.25, 0.3) is 0 Å². The fourth-order valence-electron chi connectivity index (χ4n) is 2.81. The second kappa shape index (κ2) is 11.2. The zero-order valence-electron chi connectivity index (χ0n) is 17.3. The van der Waals surface area contributed by atoms with Gasteiger partial charge in [-0.25, -0.2) is 0 Å². The first kappa shape index (κ1) is 23.1. The van der Waals surface area contributed by atoms with E-state index in [0.29, 0.717) is 29.0 Å². The van der Waals surface area contributed by atoms with Crippen molar-refractivity contribution in [1.82, 2.24) is 14.8 Å². The first-order valence-corrected chi connectivity index (χ1v) is 11.6. The summed E-state index contributed by atoms with van der Waals surface area (Å²) in [6, 6.07) is 13.3. The first-order valence-electron chi connectivity index (χ1n) is 9.49. The van der Waals surface area contributed by atoms with E-state index in [9.17, 15) is 4.79 Å². The molecule has 1 heterocycles. The Morgan fingerprint density at radius 2 is 2.03 bits per heavy atom. The van der Waals surface area contributed by atoms with Crippen LogP contribution in [0.15, 0.2) is 60.3 Å². The monoisotopic (exact) mass is 550 g/mol. The second-order valence-electron chi connectivity index (χ2n) is 6.53. The summed E-state index contributed by atoms with van der Waals surface area (Å²) in [6.07, 6.45) is 1.76. The lowest BCUT2D eigenvalue weighted by atomic mass is 10.2. The number of methoxy groups -OCH3 is 1. The molecule has 7 nitrogen and oxygen atoms in total. The zero-order valence-corrected chi connectivity index (χ0v) is 20.3. The summed E-state index contributed by atoms with van der Waals surface area (Å²) in [4.78, 5) is 12.4. The number of para-hydroxylation sites is 2. The number of benzene rings is 2. The van der Waals surface area contributed by atoms with Gasteiger partial charge in [0.1, 0.15) is 6.61 Å². The molecule has 9 heteroatoms. The van der Waals surface area contributed by atoms with Crippen LogP contribution in [0.1, 0.15) is 11.4 Å². The van der Waals surface area contributed by atoms with Crippen molar-refractivity contribution in [2.45, 2.75) is 25.2 Å². The number of hydrogen-bond donors (Lipinski definition) is 1. The van der Waals surface area contributed by atoms with Crippen LogP contribution in [-0.4, -0.2) is 33.5 Å². The van der Waals surface area contributed by atoms with Gasteiger partial charge in [0.25, 0.3) is 0 Å². The van der Waals surface area contributed by atoms with E-state index in [-0.39, 0.29) is 18.3 Å². The number of rotatable bonds is 10. The number of hydrogen-bond acceptors (Lipinski definition) is 6. The summed E-state index contributed by atoms with van der Waals surface area (Å²) in [5.41, 5.74) is 1.83. The minimum Gasteiger partial charge on any atom is -0.493 e. The zero-order chi connectivity index (χ0) is 22.2. The predicted molar refractivity (Wildman–Crippen MR) is 131 cm³/mol. The molecule has 1 amide bonds. The van der Waals surface area contributed by atoms with Gasteiger partial charge >= 0.3 is 0 Å². The number of halogens is 1. The molecule has 0 aliphatic heterocycles. The lowest BCUT2D eigenvalue weighted by molar-refractivity contribution is -0.113. The maximum atomic E-state index is 12.4. The molecule has 0 aliphatic rings. The Kier molecular flexibility index (Phi) is 8.35. The van der Waals surface area contributed by atoms with Gasteiger partial charge in [0, 0.05) is 15.8 Å². The van der Waals surface area contributed by atoms with Crippen molar-refractivity contribution in [2.75, 3.05) is 18.2 Å². The standard InChI is InChI=1S/C22H23IN4O3S/c1-4-11-27-20(13-30-19-8-6-5-7-18(19)29-3)25-26-22(27)31-14-21(28)24-17-10-9-16(23)12-15(17)2/h4-10,12H,1,11,13-14H2,2-3H3,(H,24,28). The molecule has 0 radical (unpaired) electrons. The fourth-order valence-corrected chi connectivity index (χ4v) is 4.22. The maximum Gasteiger partial charge on any atom is 0.234 e. The number of thioether (sulfide) groups is 1. The van der Waals surface area contributed by atoms with Crippen molar-refractivity contribution in [3.8, 4) is 11.5 Å². The molecule has 0 fully saturated rings. The number of nitrogens with zero attached hydrogens (tertiary/aromatic N) is 3. The second-order valence-corrected chi connectivity index (χ2v) is 8.72. The van der Waals surface area contributed by atoms with E-state index in [1.165, 1.54) is 11.8 Å². The fraction of sp³-hybridized carbons (Fsp3) is 0.227. The molecule has 1 N–H and O–H groups in total. The van der Waals surface area contributed by atoms with Gasteiger partial charge in [-0.05, 0) is 65.4 Å². The molecule has 0 unspecified atom stereocenters. The van der Waals surface area contributed by atoms with Gasteiger partial charge in [0.2, 0.25) is 5.91 Å². The molecule has 2 aromatic carbocycles. The number of carbonyl (C=O) groups is 1. The van der Waals surface area contributed by atoms with E-state index in [2.05, 4.69) is 44.7 Å². The highest BCUT2D eigenvalue weighted by Crippen LogP contribution is 2.27. The van der Waals surface area contributed by atoms with Crippen LogP contribution < -0.4 is 14.8 Å². The average Bonchev–Trinajstić information content (AvgIpc) is 3.15. The molecule has 3 aromatic rings. The number of nitrogens with one attached hydrogen (secondary N) is 1. The molecule has 0 spiro atoms. The highest BCUT2D eigenvalue weighted by Gasteiger charge is 2.15. The molecule has 1 aromatic heterocycles. The summed E-state index contributed by atoms with van der Waals surface area (Å²) in [6.45, 7) is 6.51. The Balaban J connectivity index is 1.64. The van der Waals surface area contributed by atoms with Crippen molar-refractivity contribution < 1.29 is 14.3 Å². The van der Waals surface area contributed by atoms with Gasteiger partial charge in [-0.1, -0.05) is 30.0 Å². The van der Waals surface area contributed by atoms with Gasteiger partial charge in [0.15, 0.2) is 22.5 Å². The van der Waals surface area contributed by atoms with Crippen molar-refractivity contribution in [3.05, 3.63) is 70.1 Å². The minimum absolute atomic E-state index is 0.103. The summed E-state index contributed by atoms with van der Waals surface area (Å²) < 4.78 is 14.2. The molecule has 0 atom stereocenters. The van der Waals surface area contributed by atoms with E-state index in [1.807, 2.05) is 54.0 Å². The van der Waals surface area contributed by atoms with Crippen LogP contribution in [0, 0.1) is 10.5 Å². The summed E-state index contributed by atoms with van der Waals surface area (Å²) in [5.74, 6) is 2.03. The molecule has 31 heavy (non-hydrogen) atoms. The van der Waals surface area contributed by atoms with Gasteiger partial charge < -0.3 is 14.8 Å². The number of aromatic nitrogens is 3. The molecule has 0 bridgehead atoms. The average molecular weight is 550 g/mol. The van der Waals surface area contributed by atoms with Crippen LogP contribution in [0.2, 0.25) is 0 Å². The van der Waals surface area contributed by atoms with Crippen molar-refractivity contribution >= 4 is 45.9 Å². The number of allylic oxidation sites excluding steroid dienone is 1. The lowest BCUT2D eigenvalue weighted by Gasteiger charge is -2.11. The van der Waals surface area contributed by atoms with Crippen LogP contribution in [0.5, 0.6) is 11.5 Å². The molecule has 0 saturated heterocycles. The SMILES string of the molecule is C=CCn1c(COc2ccccc2OC)nnc1SCC(=O)Nc1ccc(I)cc1C.